The van der Waals surface area contributed by atoms with Gasteiger partial charge in [-0.15, -0.1) is 15.0 Å². The Kier molecular flexibility index (Phi) is 4.51. The number of hydrogen-bond donors (Lipinski definition) is 1. The SMILES string of the molecule is CCc1cc(CCN2C(=O)c3ccccc3C2=O)c(O)c(-n2nc3ccccc3n2)c1. The molecule has 1 aliphatic heterocycles. The summed E-state index contributed by atoms with van der Waals surface area (Å²) in [5, 5.41) is 19.9. The topological polar surface area (TPSA) is 88.3 Å². The van der Waals surface area contributed by atoms with Crippen LogP contribution < -0.4 is 0 Å². The molecule has 1 aliphatic rings. The first-order valence-corrected chi connectivity index (χ1v) is 10.2. The maximum Gasteiger partial charge on any atom is 0.261 e. The molecule has 0 radical (unpaired) electrons. The van der Waals surface area contributed by atoms with Gasteiger partial charge in [0, 0.05) is 6.54 Å². The van der Waals surface area contributed by atoms with Crippen molar-refractivity contribution in [1.29, 1.82) is 0 Å². The summed E-state index contributed by atoms with van der Waals surface area (Å²) in [5.41, 5.74) is 4.44. The largest absolute Gasteiger partial charge is 0.505 e. The average molecular weight is 412 g/mol. The highest BCUT2D eigenvalue weighted by molar-refractivity contribution is 6.21. The molecule has 7 nitrogen and oxygen atoms in total. The highest BCUT2D eigenvalue weighted by Gasteiger charge is 2.34. The second kappa shape index (κ2) is 7.36. The Morgan fingerprint density at radius 2 is 1.45 bits per heavy atom. The molecule has 0 unspecified atom stereocenters. The number of carbonyl (C=O) groups excluding carboxylic acids is 2. The third-order valence-corrected chi connectivity index (χ3v) is 5.62. The summed E-state index contributed by atoms with van der Waals surface area (Å²) in [6.45, 7) is 2.21. The van der Waals surface area contributed by atoms with Gasteiger partial charge in [-0.3, -0.25) is 14.5 Å². The number of hydrogen-bond acceptors (Lipinski definition) is 5. The second-order valence-electron chi connectivity index (χ2n) is 7.51. The molecule has 4 aromatic rings. The van der Waals surface area contributed by atoms with E-state index in [9.17, 15) is 14.7 Å². The van der Waals surface area contributed by atoms with Gasteiger partial charge >= 0.3 is 0 Å². The van der Waals surface area contributed by atoms with Crippen molar-refractivity contribution in [3.63, 3.8) is 0 Å². The molecule has 0 spiro atoms. The molecule has 154 valence electrons. The Balaban J connectivity index is 1.47. The number of aryl methyl sites for hydroxylation is 1. The first kappa shape index (κ1) is 19.0. The number of phenolic OH excluding ortho intramolecular Hbond substituents is 1. The molecule has 1 N–H and O–H groups in total. The van der Waals surface area contributed by atoms with Gasteiger partial charge in [0.1, 0.15) is 22.5 Å². The van der Waals surface area contributed by atoms with Gasteiger partial charge in [0.25, 0.3) is 11.8 Å². The standard InChI is InChI=1S/C24H20N4O3/c1-2-15-13-16(11-12-27-23(30)17-7-3-4-8-18(17)24(27)31)22(29)21(14-15)28-25-19-9-5-6-10-20(19)26-28/h3-10,13-14,29H,2,11-12H2,1H3. The third kappa shape index (κ3) is 3.15. The van der Waals surface area contributed by atoms with Gasteiger partial charge in [0.15, 0.2) is 0 Å². The van der Waals surface area contributed by atoms with Crippen LogP contribution in [0.3, 0.4) is 0 Å². The van der Waals surface area contributed by atoms with Crippen molar-refractivity contribution in [2.75, 3.05) is 6.54 Å². The highest BCUT2D eigenvalue weighted by Crippen LogP contribution is 2.30. The van der Waals surface area contributed by atoms with E-state index in [4.69, 9.17) is 0 Å². The molecule has 5 rings (SSSR count). The predicted octanol–water partition coefficient (Wildman–Crippen LogP) is 3.53. The van der Waals surface area contributed by atoms with Gasteiger partial charge < -0.3 is 5.11 Å². The van der Waals surface area contributed by atoms with Crippen molar-refractivity contribution < 1.29 is 14.7 Å². The number of amides is 2. The summed E-state index contributed by atoms with van der Waals surface area (Å²) < 4.78 is 0. The van der Waals surface area contributed by atoms with Crippen LogP contribution in [0.4, 0.5) is 0 Å². The molecule has 1 aromatic heterocycles. The van der Waals surface area contributed by atoms with Crippen LogP contribution in [0.25, 0.3) is 16.7 Å². The number of phenols is 1. The zero-order chi connectivity index (χ0) is 21.5. The van der Waals surface area contributed by atoms with Crippen LogP contribution >= 0.6 is 0 Å². The zero-order valence-corrected chi connectivity index (χ0v) is 16.9. The Labute approximate surface area is 178 Å². The third-order valence-electron chi connectivity index (χ3n) is 5.62. The monoisotopic (exact) mass is 412 g/mol. The summed E-state index contributed by atoms with van der Waals surface area (Å²) in [6.07, 6.45) is 1.09. The van der Waals surface area contributed by atoms with Gasteiger partial charge in [-0.1, -0.05) is 37.3 Å². The molecular weight excluding hydrogens is 392 g/mol. The van der Waals surface area contributed by atoms with Crippen LogP contribution in [-0.4, -0.2) is 43.4 Å². The predicted molar refractivity (Wildman–Crippen MR) is 115 cm³/mol. The second-order valence-corrected chi connectivity index (χ2v) is 7.51. The van der Waals surface area contributed by atoms with Crippen LogP contribution in [0, 0.1) is 0 Å². The molecule has 0 atom stereocenters. The number of aromatic hydroxyl groups is 1. The summed E-state index contributed by atoms with van der Waals surface area (Å²) >= 11 is 0. The first-order chi connectivity index (χ1) is 15.1. The molecule has 0 aliphatic carbocycles. The normalized spacial score (nSPS) is 13.3. The van der Waals surface area contributed by atoms with E-state index in [1.165, 1.54) is 9.70 Å². The van der Waals surface area contributed by atoms with E-state index in [1.54, 1.807) is 24.3 Å². The van der Waals surface area contributed by atoms with Crippen LogP contribution in [0.2, 0.25) is 0 Å². The van der Waals surface area contributed by atoms with E-state index in [0.29, 0.717) is 28.8 Å². The Morgan fingerprint density at radius 1 is 0.871 bits per heavy atom. The van der Waals surface area contributed by atoms with E-state index in [-0.39, 0.29) is 24.1 Å². The van der Waals surface area contributed by atoms with Gasteiger partial charge in [-0.2, -0.15) is 0 Å². The summed E-state index contributed by atoms with van der Waals surface area (Å²) in [4.78, 5) is 28.0. The fourth-order valence-electron chi connectivity index (χ4n) is 3.93. The fourth-order valence-corrected chi connectivity index (χ4v) is 3.93. The zero-order valence-electron chi connectivity index (χ0n) is 16.9. The van der Waals surface area contributed by atoms with Crippen molar-refractivity contribution >= 4 is 22.8 Å². The summed E-state index contributed by atoms with van der Waals surface area (Å²) in [7, 11) is 0. The Bertz CT molecular complexity index is 1270. The van der Waals surface area contributed by atoms with Gasteiger partial charge in [0.05, 0.1) is 11.1 Å². The van der Waals surface area contributed by atoms with Gasteiger partial charge in [-0.05, 0) is 54.3 Å². The quantitative estimate of drug-likeness (QED) is 0.507. The minimum atomic E-state index is -0.299. The van der Waals surface area contributed by atoms with E-state index in [0.717, 1.165) is 23.0 Å². The van der Waals surface area contributed by atoms with E-state index in [1.807, 2.05) is 43.3 Å². The minimum Gasteiger partial charge on any atom is -0.505 e. The molecular formula is C24H20N4O3. The number of imide groups is 1. The van der Waals surface area contributed by atoms with Crippen molar-refractivity contribution in [3.05, 3.63) is 82.9 Å². The van der Waals surface area contributed by atoms with E-state index >= 15 is 0 Å². The van der Waals surface area contributed by atoms with Crippen molar-refractivity contribution in [3.8, 4) is 11.4 Å². The number of rotatable bonds is 5. The summed E-state index contributed by atoms with van der Waals surface area (Å²) in [5.74, 6) is -0.548. The van der Waals surface area contributed by atoms with Crippen LogP contribution in [0.1, 0.15) is 38.8 Å². The van der Waals surface area contributed by atoms with Crippen LogP contribution in [0.5, 0.6) is 5.75 Å². The molecule has 0 saturated carbocycles. The highest BCUT2D eigenvalue weighted by atomic mass is 16.3. The van der Waals surface area contributed by atoms with Gasteiger partial charge in [-0.25, -0.2) is 0 Å². The number of aromatic nitrogens is 3. The van der Waals surface area contributed by atoms with Crippen LogP contribution in [0.15, 0.2) is 60.7 Å². The first-order valence-electron chi connectivity index (χ1n) is 10.2. The van der Waals surface area contributed by atoms with E-state index in [2.05, 4.69) is 10.2 Å². The average Bonchev–Trinajstić information content (AvgIpc) is 3.33. The van der Waals surface area contributed by atoms with Crippen molar-refractivity contribution in [2.45, 2.75) is 19.8 Å². The lowest BCUT2D eigenvalue weighted by molar-refractivity contribution is 0.0655. The van der Waals surface area contributed by atoms with Crippen LogP contribution in [-0.2, 0) is 12.8 Å². The number of nitrogens with zero attached hydrogens (tertiary/aromatic N) is 4. The maximum absolute atomic E-state index is 12.6. The Hall–Kier alpha value is -4.00. The molecule has 0 saturated heterocycles. The smallest absolute Gasteiger partial charge is 0.261 e. The maximum atomic E-state index is 12.6. The van der Waals surface area contributed by atoms with Crippen molar-refractivity contribution in [2.24, 2.45) is 0 Å². The molecule has 0 fully saturated rings. The lowest BCUT2D eigenvalue weighted by Gasteiger charge is -2.16. The van der Waals surface area contributed by atoms with E-state index < -0.39 is 0 Å². The van der Waals surface area contributed by atoms with Gasteiger partial charge in [0.2, 0.25) is 0 Å². The molecule has 0 bridgehead atoms. The fraction of sp³-hybridized carbons (Fsp3) is 0.167. The molecule has 31 heavy (non-hydrogen) atoms. The number of benzene rings is 3. The van der Waals surface area contributed by atoms with Crippen molar-refractivity contribution in [1.82, 2.24) is 19.9 Å². The lowest BCUT2D eigenvalue weighted by Crippen LogP contribution is -2.31. The molecule has 2 amide bonds. The number of carbonyl (C=O) groups is 2. The molecule has 7 heteroatoms. The summed E-state index contributed by atoms with van der Waals surface area (Å²) in [6, 6.07) is 18.1. The molecule has 2 heterocycles. The molecule has 3 aromatic carbocycles. The minimum absolute atomic E-state index is 0.0501. The lowest BCUT2D eigenvalue weighted by atomic mass is 10.0. The Morgan fingerprint density at radius 3 is 2.03 bits per heavy atom. The number of fused-ring (bicyclic) bond motifs is 2.